The second-order valence-corrected chi connectivity index (χ2v) is 4.96. The highest BCUT2D eigenvalue weighted by Crippen LogP contribution is 2.27. The van der Waals surface area contributed by atoms with Crippen LogP contribution in [0.2, 0.25) is 0 Å². The molecule has 0 saturated heterocycles. The molecule has 0 aliphatic rings. The van der Waals surface area contributed by atoms with Crippen LogP contribution in [-0.2, 0) is 4.74 Å². The Balaban J connectivity index is 2.18. The first-order chi connectivity index (χ1) is 10.8. The van der Waals surface area contributed by atoms with E-state index in [4.69, 9.17) is 10.1 Å². The molecule has 4 heteroatoms. The Morgan fingerprint density at radius 2 is 1.77 bits per heavy atom. The van der Waals surface area contributed by atoms with Gasteiger partial charge < -0.3 is 15.0 Å². The third-order valence-electron chi connectivity index (χ3n) is 3.53. The molecule has 2 aromatic carbocycles. The molecule has 116 valence electrons. The van der Waals surface area contributed by atoms with E-state index in [2.05, 4.69) is 23.5 Å². The monoisotopic (exact) mass is 297 g/mol. The summed E-state index contributed by atoms with van der Waals surface area (Å²) in [5, 5.41) is 11.5. The first-order valence-electron chi connectivity index (χ1n) is 7.50. The van der Waals surface area contributed by atoms with E-state index in [9.17, 15) is 0 Å². The van der Waals surface area contributed by atoms with Crippen molar-refractivity contribution in [3.05, 3.63) is 54.6 Å². The maximum Gasteiger partial charge on any atom is 0.195 e. The van der Waals surface area contributed by atoms with Gasteiger partial charge in [0.1, 0.15) is 0 Å². The molecule has 22 heavy (non-hydrogen) atoms. The Morgan fingerprint density at radius 1 is 1.09 bits per heavy atom. The van der Waals surface area contributed by atoms with Gasteiger partial charge in [-0.2, -0.15) is 0 Å². The number of rotatable bonds is 6. The van der Waals surface area contributed by atoms with E-state index in [0.29, 0.717) is 19.1 Å². The number of nitrogens with zero attached hydrogens (tertiary/aromatic N) is 1. The summed E-state index contributed by atoms with van der Waals surface area (Å²) in [5.74, 6) is 0.392. The van der Waals surface area contributed by atoms with Gasteiger partial charge >= 0.3 is 0 Å². The predicted molar refractivity (Wildman–Crippen MR) is 92.4 cm³/mol. The zero-order valence-corrected chi connectivity index (χ0v) is 13.2. The number of benzene rings is 2. The molecule has 0 saturated carbocycles. The topological polar surface area (TPSA) is 48.4 Å². The molecule has 0 bridgehead atoms. The molecule has 0 heterocycles. The van der Waals surface area contributed by atoms with E-state index in [-0.39, 0.29) is 0 Å². The molecular weight excluding hydrogens is 274 g/mol. The largest absolute Gasteiger partial charge is 0.383 e. The van der Waals surface area contributed by atoms with Gasteiger partial charge in [-0.3, -0.25) is 5.41 Å². The highest BCUT2D eigenvalue weighted by Gasteiger charge is 2.10. The standard InChI is InChI=1S/C18H23N3O/c1-3-21(13-14-22-2)18(19)20-17-12-8-7-11-16(17)15-9-5-4-6-10-15/h4-12H,3,13-14H2,1-2H3,(H2,19,20). The highest BCUT2D eigenvalue weighted by molar-refractivity contribution is 5.95. The fourth-order valence-corrected chi connectivity index (χ4v) is 2.30. The van der Waals surface area contributed by atoms with Gasteiger partial charge in [0.05, 0.1) is 6.61 Å². The fraction of sp³-hybridized carbons (Fsp3) is 0.278. The number of ether oxygens (including phenoxy) is 1. The zero-order valence-electron chi connectivity index (χ0n) is 13.2. The molecule has 2 rings (SSSR count). The lowest BCUT2D eigenvalue weighted by Crippen LogP contribution is -2.37. The minimum Gasteiger partial charge on any atom is -0.383 e. The van der Waals surface area contributed by atoms with Gasteiger partial charge in [0.2, 0.25) is 0 Å². The number of para-hydroxylation sites is 1. The zero-order chi connectivity index (χ0) is 15.8. The van der Waals surface area contributed by atoms with Gasteiger partial charge in [0.25, 0.3) is 0 Å². The Morgan fingerprint density at radius 3 is 2.45 bits per heavy atom. The smallest absolute Gasteiger partial charge is 0.195 e. The highest BCUT2D eigenvalue weighted by atomic mass is 16.5. The summed E-state index contributed by atoms with van der Waals surface area (Å²) in [7, 11) is 1.68. The quantitative estimate of drug-likeness (QED) is 0.632. The Labute approximate surface area is 132 Å². The van der Waals surface area contributed by atoms with Crippen LogP contribution in [0.15, 0.2) is 54.6 Å². The summed E-state index contributed by atoms with van der Waals surface area (Å²) in [4.78, 5) is 1.95. The second-order valence-electron chi connectivity index (χ2n) is 4.96. The van der Waals surface area contributed by atoms with Gasteiger partial charge in [0, 0.05) is 31.5 Å². The van der Waals surface area contributed by atoms with Crippen LogP contribution < -0.4 is 5.32 Å². The summed E-state index contributed by atoms with van der Waals surface area (Å²) in [6, 6.07) is 18.3. The maximum absolute atomic E-state index is 8.28. The van der Waals surface area contributed by atoms with Crippen molar-refractivity contribution in [1.29, 1.82) is 5.41 Å². The van der Waals surface area contributed by atoms with Crippen molar-refractivity contribution in [3.8, 4) is 11.1 Å². The van der Waals surface area contributed by atoms with Crippen molar-refractivity contribution in [3.63, 3.8) is 0 Å². The molecule has 2 aromatic rings. The minimum absolute atomic E-state index is 0.392. The van der Waals surface area contributed by atoms with Gasteiger partial charge in [-0.25, -0.2) is 0 Å². The van der Waals surface area contributed by atoms with Crippen LogP contribution in [0, 0.1) is 5.41 Å². The van der Waals surface area contributed by atoms with Crippen molar-refractivity contribution in [2.45, 2.75) is 6.92 Å². The van der Waals surface area contributed by atoms with E-state index >= 15 is 0 Å². The summed E-state index contributed by atoms with van der Waals surface area (Å²) >= 11 is 0. The van der Waals surface area contributed by atoms with E-state index in [0.717, 1.165) is 23.4 Å². The summed E-state index contributed by atoms with van der Waals surface area (Å²) in [6.07, 6.45) is 0. The van der Waals surface area contributed by atoms with Crippen LogP contribution in [0.1, 0.15) is 6.92 Å². The number of hydrogen-bond acceptors (Lipinski definition) is 2. The van der Waals surface area contributed by atoms with Crippen molar-refractivity contribution in [1.82, 2.24) is 4.90 Å². The third-order valence-corrected chi connectivity index (χ3v) is 3.53. The van der Waals surface area contributed by atoms with Crippen molar-refractivity contribution in [2.24, 2.45) is 0 Å². The molecule has 0 aromatic heterocycles. The first-order valence-corrected chi connectivity index (χ1v) is 7.50. The maximum atomic E-state index is 8.28. The summed E-state index contributed by atoms with van der Waals surface area (Å²) < 4.78 is 5.10. The lowest BCUT2D eigenvalue weighted by molar-refractivity contribution is 0.177. The van der Waals surface area contributed by atoms with Crippen molar-refractivity contribution >= 4 is 11.6 Å². The Bertz CT molecular complexity index is 598. The van der Waals surface area contributed by atoms with E-state index < -0.39 is 0 Å². The lowest BCUT2D eigenvalue weighted by Gasteiger charge is -2.24. The number of nitrogens with one attached hydrogen (secondary N) is 2. The van der Waals surface area contributed by atoms with E-state index in [1.807, 2.05) is 48.2 Å². The van der Waals surface area contributed by atoms with Crippen LogP contribution in [0.25, 0.3) is 11.1 Å². The average molecular weight is 297 g/mol. The van der Waals surface area contributed by atoms with Gasteiger partial charge in [-0.05, 0) is 18.6 Å². The third kappa shape index (κ3) is 4.09. The fourth-order valence-electron chi connectivity index (χ4n) is 2.30. The lowest BCUT2D eigenvalue weighted by atomic mass is 10.0. The molecule has 0 unspecified atom stereocenters. The van der Waals surface area contributed by atoms with Gasteiger partial charge in [-0.15, -0.1) is 0 Å². The molecule has 0 aliphatic carbocycles. The molecule has 0 atom stereocenters. The number of hydrogen-bond donors (Lipinski definition) is 2. The number of guanidine groups is 1. The average Bonchev–Trinajstić information content (AvgIpc) is 2.57. The van der Waals surface area contributed by atoms with Gasteiger partial charge in [0.15, 0.2) is 5.96 Å². The van der Waals surface area contributed by atoms with Crippen molar-refractivity contribution in [2.75, 3.05) is 32.1 Å². The minimum atomic E-state index is 0.392. The first kappa shape index (κ1) is 16.0. The summed E-state index contributed by atoms with van der Waals surface area (Å²) in [6.45, 7) is 4.11. The molecule has 4 nitrogen and oxygen atoms in total. The Hall–Kier alpha value is -2.33. The molecule has 0 radical (unpaired) electrons. The predicted octanol–water partition coefficient (Wildman–Crippen LogP) is 3.67. The Kier molecular flexibility index (Phi) is 5.98. The van der Waals surface area contributed by atoms with E-state index in [1.165, 1.54) is 0 Å². The van der Waals surface area contributed by atoms with E-state index in [1.54, 1.807) is 7.11 Å². The molecular formula is C18H23N3O. The molecule has 0 aliphatic heterocycles. The number of anilines is 1. The van der Waals surface area contributed by atoms with Crippen LogP contribution >= 0.6 is 0 Å². The van der Waals surface area contributed by atoms with Gasteiger partial charge in [-0.1, -0.05) is 48.5 Å². The van der Waals surface area contributed by atoms with Crippen LogP contribution in [0.5, 0.6) is 0 Å². The SMILES string of the molecule is CCN(CCOC)C(=N)Nc1ccccc1-c1ccccc1. The molecule has 0 spiro atoms. The van der Waals surface area contributed by atoms with Crippen LogP contribution in [-0.4, -0.2) is 37.7 Å². The number of methoxy groups -OCH3 is 1. The van der Waals surface area contributed by atoms with Crippen molar-refractivity contribution < 1.29 is 4.74 Å². The summed E-state index contributed by atoms with van der Waals surface area (Å²) in [5.41, 5.74) is 3.17. The normalized spacial score (nSPS) is 10.3. The number of likely N-dealkylation sites (N-methyl/N-ethyl adjacent to an activating group) is 1. The molecule has 0 amide bonds. The molecule has 2 N–H and O–H groups in total. The van der Waals surface area contributed by atoms with Crippen LogP contribution in [0.4, 0.5) is 5.69 Å². The molecule has 0 fully saturated rings. The second kappa shape index (κ2) is 8.20. The van der Waals surface area contributed by atoms with Crippen LogP contribution in [0.3, 0.4) is 0 Å².